The summed E-state index contributed by atoms with van der Waals surface area (Å²) < 4.78 is 11.0. The molecule has 118 valence electrons. The first-order valence-corrected chi connectivity index (χ1v) is 7.92. The largest absolute Gasteiger partial charge is 0.380 e. The molecule has 1 aliphatic heterocycles. The third-order valence-electron chi connectivity index (χ3n) is 3.98. The molecule has 4 heteroatoms. The third-order valence-corrected chi connectivity index (χ3v) is 3.98. The molecule has 0 radical (unpaired) electrons. The molecule has 0 saturated carbocycles. The molecule has 0 aliphatic carbocycles. The Labute approximate surface area is 128 Å². The fourth-order valence-corrected chi connectivity index (χ4v) is 2.73. The van der Waals surface area contributed by atoms with E-state index in [2.05, 4.69) is 29.2 Å². The lowest BCUT2D eigenvalue weighted by atomic mass is 10.1. The van der Waals surface area contributed by atoms with E-state index in [4.69, 9.17) is 15.2 Å². The molecule has 0 amide bonds. The molecule has 4 nitrogen and oxygen atoms in total. The standard InChI is InChI=1S/C17H28N2O2/c1-20-14-16-5-3-15(4-6-16)13-19-10-7-17(8-11-19)21-12-2-9-18/h3-6,17H,2,7-14,18H2,1H3. The van der Waals surface area contributed by atoms with Crippen molar-refractivity contribution in [3.8, 4) is 0 Å². The van der Waals surface area contributed by atoms with Gasteiger partial charge in [-0.2, -0.15) is 0 Å². The molecule has 2 rings (SSSR count). The molecule has 1 aliphatic rings. The summed E-state index contributed by atoms with van der Waals surface area (Å²) in [5, 5.41) is 0. The van der Waals surface area contributed by atoms with Gasteiger partial charge in [0.1, 0.15) is 0 Å². The van der Waals surface area contributed by atoms with Crippen LogP contribution in [0.4, 0.5) is 0 Å². The van der Waals surface area contributed by atoms with Gasteiger partial charge in [-0.1, -0.05) is 24.3 Å². The Kier molecular flexibility index (Phi) is 7.16. The van der Waals surface area contributed by atoms with Crippen LogP contribution in [0.5, 0.6) is 0 Å². The summed E-state index contributed by atoms with van der Waals surface area (Å²) in [6.45, 7) is 5.48. The molecule has 1 saturated heterocycles. The summed E-state index contributed by atoms with van der Waals surface area (Å²) in [6, 6.07) is 8.72. The van der Waals surface area contributed by atoms with E-state index in [1.165, 1.54) is 11.1 Å². The van der Waals surface area contributed by atoms with Crippen LogP contribution >= 0.6 is 0 Å². The average Bonchev–Trinajstić information content (AvgIpc) is 2.51. The zero-order chi connectivity index (χ0) is 14.9. The average molecular weight is 292 g/mol. The molecule has 1 fully saturated rings. The van der Waals surface area contributed by atoms with Gasteiger partial charge in [-0.05, 0) is 36.9 Å². The van der Waals surface area contributed by atoms with Crippen LogP contribution in [-0.4, -0.2) is 44.4 Å². The number of benzene rings is 1. The van der Waals surface area contributed by atoms with Gasteiger partial charge >= 0.3 is 0 Å². The van der Waals surface area contributed by atoms with Crippen molar-refractivity contribution in [1.29, 1.82) is 0 Å². The fourth-order valence-electron chi connectivity index (χ4n) is 2.73. The van der Waals surface area contributed by atoms with Crippen molar-refractivity contribution >= 4 is 0 Å². The van der Waals surface area contributed by atoms with Crippen LogP contribution in [-0.2, 0) is 22.6 Å². The molecule has 0 aromatic heterocycles. The quantitative estimate of drug-likeness (QED) is 0.746. The Morgan fingerprint density at radius 2 is 1.81 bits per heavy atom. The van der Waals surface area contributed by atoms with Gasteiger partial charge in [-0.3, -0.25) is 4.90 Å². The predicted molar refractivity (Wildman–Crippen MR) is 85.1 cm³/mol. The summed E-state index contributed by atoms with van der Waals surface area (Å²) >= 11 is 0. The highest BCUT2D eigenvalue weighted by Crippen LogP contribution is 2.17. The molecule has 0 unspecified atom stereocenters. The van der Waals surface area contributed by atoms with Crippen molar-refractivity contribution in [3.63, 3.8) is 0 Å². The number of methoxy groups -OCH3 is 1. The van der Waals surface area contributed by atoms with Gasteiger partial charge in [-0.25, -0.2) is 0 Å². The molecule has 21 heavy (non-hydrogen) atoms. The lowest BCUT2D eigenvalue weighted by molar-refractivity contribution is 0.00563. The molecule has 0 spiro atoms. The number of rotatable bonds is 8. The van der Waals surface area contributed by atoms with E-state index in [9.17, 15) is 0 Å². The predicted octanol–water partition coefficient (Wildman–Crippen LogP) is 2.16. The second-order valence-electron chi connectivity index (χ2n) is 5.74. The smallest absolute Gasteiger partial charge is 0.0713 e. The first-order valence-electron chi connectivity index (χ1n) is 7.92. The number of nitrogens with zero attached hydrogens (tertiary/aromatic N) is 1. The number of hydrogen-bond donors (Lipinski definition) is 1. The van der Waals surface area contributed by atoms with Gasteiger partial charge in [0.05, 0.1) is 12.7 Å². The number of nitrogens with two attached hydrogens (primary N) is 1. The highest BCUT2D eigenvalue weighted by Gasteiger charge is 2.19. The van der Waals surface area contributed by atoms with Gasteiger partial charge in [0.15, 0.2) is 0 Å². The van der Waals surface area contributed by atoms with Crippen molar-refractivity contribution in [2.24, 2.45) is 5.73 Å². The summed E-state index contributed by atoms with van der Waals surface area (Å²) in [6.07, 6.45) is 3.66. The van der Waals surface area contributed by atoms with Crippen LogP contribution in [0.25, 0.3) is 0 Å². The van der Waals surface area contributed by atoms with E-state index >= 15 is 0 Å². The minimum absolute atomic E-state index is 0.428. The SMILES string of the molecule is COCc1ccc(CN2CCC(OCCCN)CC2)cc1. The topological polar surface area (TPSA) is 47.7 Å². The highest BCUT2D eigenvalue weighted by atomic mass is 16.5. The normalized spacial score (nSPS) is 17.2. The second kappa shape index (κ2) is 9.15. The van der Waals surface area contributed by atoms with E-state index in [1.54, 1.807) is 7.11 Å². The summed E-state index contributed by atoms with van der Waals surface area (Å²) in [7, 11) is 1.73. The van der Waals surface area contributed by atoms with Gasteiger partial charge in [0, 0.05) is 33.4 Å². The van der Waals surface area contributed by atoms with E-state index in [-0.39, 0.29) is 0 Å². The van der Waals surface area contributed by atoms with E-state index in [0.29, 0.717) is 12.7 Å². The summed E-state index contributed by atoms with van der Waals surface area (Å²) in [5.41, 5.74) is 8.09. The van der Waals surface area contributed by atoms with Gasteiger partial charge in [-0.15, -0.1) is 0 Å². The number of piperidine rings is 1. The number of ether oxygens (including phenoxy) is 2. The van der Waals surface area contributed by atoms with Crippen molar-refractivity contribution in [3.05, 3.63) is 35.4 Å². The molecule has 0 atom stereocenters. The highest BCUT2D eigenvalue weighted by molar-refractivity contribution is 5.22. The minimum Gasteiger partial charge on any atom is -0.380 e. The third kappa shape index (κ3) is 5.75. The minimum atomic E-state index is 0.428. The van der Waals surface area contributed by atoms with E-state index < -0.39 is 0 Å². The zero-order valence-corrected chi connectivity index (χ0v) is 13.1. The molecule has 0 bridgehead atoms. The fraction of sp³-hybridized carbons (Fsp3) is 0.647. The van der Waals surface area contributed by atoms with Crippen LogP contribution in [0.3, 0.4) is 0 Å². The van der Waals surface area contributed by atoms with Crippen LogP contribution in [0.2, 0.25) is 0 Å². The van der Waals surface area contributed by atoms with Crippen LogP contribution in [0.1, 0.15) is 30.4 Å². The van der Waals surface area contributed by atoms with Crippen molar-refractivity contribution in [2.45, 2.75) is 38.5 Å². The van der Waals surface area contributed by atoms with E-state index in [0.717, 1.165) is 52.0 Å². The summed E-state index contributed by atoms with van der Waals surface area (Å²) in [5.74, 6) is 0. The molecule has 1 heterocycles. The maximum atomic E-state index is 5.84. The van der Waals surface area contributed by atoms with Crippen molar-refractivity contribution < 1.29 is 9.47 Å². The van der Waals surface area contributed by atoms with Crippen LogP contribution in [0.15, 0.2) is 24.3 Å². The number of hydrogen-bond acceptors (Lipinski definition) is 4. The van der Waals surface area contributed by atoms with Gasteiger partial charge in [0.2, 0.25) is 0 Å². The van der Waals surface area contributed by atoms with Crippen LogP contribution in [0, 0.1) is 0 Å². The molecular weight excluding hydrogens is 264 g/mol. The molecule has 2 N–H and O–H groups in total. The van der Waals surface area contributed by atoms with Crippen molar-refractivity contribution in [2.75, 3.05) is 33.4 Å². The molecule has 1 aromatic rings. The Balaban J connectivity index is 1.70. The maximum Gasteiger partial charge on any atom is 0.0713 e. The molecular formula is C17H28N2O2. The van der Waals surface area contributed by atoms with Gasteiger partial charge in [0.25, 0.3) is 0 Å². The molecule has 1 aromatic carbocycles. The monoisotopic (exact) mass is 292 g/mol. The second-order valence-corrected chi connectivity index (χ2v) is 5.74. The van der Waals surface area contributed by atoms with Gasteiger partial charge < -0.3 is 15.2 Å². The zero-order valence-electron chi connectivity index (χ0n) is 13.1. The lowest BCUT2D eigenvalue weighted by Crippen LogP contribution is -2.36. The van der Waals surface area contributed by atoms with E-state index in [1.807, 2.05) is 0 Å². The Hall–Kier alpha value is -0.940. The van der Waals surface area contributed by atoms with Crippen molar-refractivity contribution in [1.82, 2.24) is 4.90 Å². The van der Waals surface area contributed by atoms with Crippen LogP contribution < -0.4 is 5.73 Å². The first-order chi connectivity index (χ1) is 10.3. The first kappa shape index (κ1) is 16.4. The Morgan fingerprint density at radius 1 is 1.14 bits per heavy atom. The number of likely N-dealkylation sites (tertiary alicyclic amines) is 1. The Morgan fingerprint density at radius 3 is 2.43 bits per heavy atom. The lowest BCUT2D eigenvalue weighted by Gasteiger charge is -2.32. The summed E-state index contributed by atoms with van der Waals surface area (Å²) in [4.78, 5) is 2.51. The Bertz CT molecular complexity index is 386. The maximum absolute atomic E-state index is 5.84.